The summed E-state index contributed by atoms with van der Waals surface area (Å²) in [5.74, 6) is 0. The van der Waals surface area contributed by atoms with E-state index in [0.717, 1.165) is 10.9 Å². The lowest BCUT2D eigenvalue weighted by atomic mass is 9.92. The molecular weight excluding hydrogens is 318 g/mol. The average Bonchev–Trinajstić information content (AvgIpc) is 2.90. The maximum absolute atomic E-state index is 3.78. The van der Waals surface area contributed by atoms with Crippen LogP contribution in [0, 0.1) is 0 Å². The molecule has 2 aromatic rings. The summed E-state index contributed by atoms with van der Waals surface area (Å²) in [4.78, 5) is 1.41. The third-order valence-electron chi connectivity index (χ3n) is 3.40. The molecule has 1 aromatic carbocycles. The molecule has 1 unspecified atom stereocenters. The van der Waals surface area contributed by atoms with E-state index in [9.17, 15) is 0 Å². The summed E-state index contributed by atoms with van der Waals surface area (Å²) < 4.78 is 1.12. The summed E-state index contributed by atoms with van der Waals surface area (Å²) >= 11 is 5.31. The lowest BCUT2D eigenvalue weighted by Gasteiger charge is -2.32. The molecule has 102 valence electrons. The predicted molar refractivity (Wildman–Crippen MR) is 87.7 cm³/mol. The number of halogens is 1. The minimum atomic E-state index is -0.0363. The van der Waals surface area contributed by atoms with Gasteiger partial charge in [-0.25, -0.2) is 0 Å². The maximum Gasteiger partial charge on any atom is 0.0419 e. The van der Waals surface area contributed by atoms with Crippen LogP contribution in [0.4, 0.5) is 0 Å². The standard InChI is InChI=1S/C16H20BrNS/c1-4-14(15-6-5-11-19-15)18-16(2,3)12-7-9-13(17)10-8-12/h5-11,14,18H,4H2,1-3H3. The summed E-state index contributed by atoms with van der Waals surface area (Å²) in [6.45, 7) is 6.72. The summed E-state index contributed by atoms with van der Waals surface area (Å²) in [6, 6.07) is 13.3. The molecule has 0 aliphatic rings. The summed E-state index contributed by atoms with van der Waals surface area (Å²) in [5.41, 5.74) is 1.27. The highest BCUT2D eigenvalue weighted by atomic mass is 79.9. The van der Waals surface area contributed by atoms with Crippen molar-refractivity contribution in [2.45, 2.75) is 38.8 Å². The Morgan fingerprint density at radius 2 is 1.89 bits per heavy atom. The molecule has 0 bridgehead atoms. The molecule has 1 aromatic heterocycles. The molecule has 1 atom stereocenters. The van der Waals surface area contributed by atoms with Crippen LogP contribution in [0.3, 0.4) is 0 Å². The number of hydrogen-bond acceptors (Lipinski definition) is 2. The molecule has 3 heteroatoms. The second kappa shape index (κ2) is 6.21. The average molecular weight is 338 g/mol. The minimum absolute atomic E-state index is 0.0363. The van der Waals surface area contributed by atoms with Gasteiger partial charge >= 0.3 is 0 Å². The van der Waals surface area contributed by atoms with Gasteiger partial charge in [0.25, 0.3) is 0 Å². The van der Waals surface area contributed by atoms with E-state index in [2.05, 4.69) is 83.8 Å². The second-order valence-electron chi connectivity index (χ2n) is 5.25. The van der Waals surface area contributed by atoms with Gasteiger partial charge in [-0.3, -0.25) is 0 Å². The zero-order chi connectivity index (χ0) is 13.9. The van der Waals surface area contributed by atoms with E-state index in [1.54, 1.807) is 0 Å². The first-order valence-electron chi connectivity index (χ1n) is 6.60. The maximum atomic E-state index is 3.78. The van der Waals surface area contributed by atoms with Crippen molar-refractivity contribution in [1.29, 1.82) is 0 Å². The van der Waals surface area contributed by atoms with Crippen LogP contribution in [0.1, 0.15) is 43.7 Å². The summed E-state index contributed by atoms with van der Waals surface area (Å²) in [7, 11) is 0. The number of thiophene rings is 1. The number of rotatable bonds is 5. The zero-order valence-electron chi connectivity index (χ0n) is 11.6. The molecule has 0 aliphatic heterocycles. The van der Waals surface area contributed by atoms with Crippen molar-refractivity contribution in [1.82, 2.24) is 5.32 Å². The SMILES string of the molecule is CCC(NC(C)(C)c1ccc(Br)cc1)c1cccs1. The third-order valence-corrected chi connectivity index (χ3v) is 4.91. The Labute approximate surface area is 128 Å². The van der Waals surface area contributed by atoms with Crippen LogP contribution in [-0.4, -0.2) is 0 Å². The van der Waals surface area contributed by atoms with Crippen molar-refractivity contribution >= 4 is 27.3 Å². The van der Waals surface area contributed by atoms with Crippen LogP contribution in [0.5, 0.6) is 0 Å². The highest BCUT2D eigenvalue weighted by Gasteiger charge is 2.24. The number of nitrogens with one attached hydrogen (secondary N) is 1. The molecule has 1 N–H and O–H groups in total. The molecule has 19 heavy (non-hydrogen) atoms. The van der Waals surface area contributed by atoms with Gasteiger partial charge in [-0.15, -0.1) is 11.3 Å². The Balaban J connectivity index is 2.17. The first kappa shape index (κ1) is 14.8. The van der Waals surface area contributed by atoms with E-state index in [1.165, 1.54) is 10.4 Å². The fraction of sp³-hybridized carbons (Fsp3) is 0.375. The van der Waals surface area contributed by atoms with Gasteiger partial charge < -0.3 is 5.32 Å². The topological polar surface area (TPSA) is 12.0 Å². The monoisotopic (exact) mass is 337 g/mol. The predicted octanol–water partition coefficient (Wildman–Crippen LogP) is 5.49. The number of hydrogen-bond donors (Lipinski definition) is 1. The van der Waals surface area contributed by atoms with Gasteiger partial charge in [-0.1, -0.05) is 41.1 Å². The van der Waals surface area contributed by atoms with Crippen LogP contribution in [0.25, 0.3) is 0 Å². The summed E-state index contributed by atoms with van der Waals surface area (Å²) in [5, 5.41) is 5.92. The van der Waals surface area contributed by atoms with E-state index >= 15 is 0 Å². The first-order valence-corrected chi connectivity index (χ1v) is 8.27. The van der Waals surface area contributed by atoms with Crippen molar-refractivity contribution in [3.8, 4) is 0 Å². The molecule has 0 fully saturated rings. The Hall–Kier alpha value is -0.640. The Bertz CT molecular complexity index is 502. The summed E-state index contributed by atoms with van der Waals surface area (Å²) in [6.07, 6.45) is 1.10. The quantitative estimate of drug-likeness (QED) is 0.760. The largest absolute Gasteiger partial charge is 0.300 e. The fourth-order valence-electron chi connectivity index (χ4n) is 2.25. The van der Waals surface area contributed by atoms with Crippen molar-refractivity contribution in [2.75, 3.05) is 0 Å². The molecule has 2 rings (SSSR count). The highest BCUT2D eigenvalue weighted by Crippen LogP contribution is 2.29. The van der Waals surface area contributed by atoms with Crippen LogP contribution in [-0.2, 0) is 5.54 Å². The van der Waals surface area contributed by atoms with Gasteiger partial charge in [-0.2, -0.15) is 0 Å². The van der Waals surface area contributed by atoms with Crippen molar-refractivity contribution in [2.24, 2.45) is 0 Å². The van der Waals surface area contributed by atoms with Crippen molar-refractivity contribution < 1.29 is 0 Å². The van der Waals surface area contributed by atoms with Crippen LogP contribution in [0.15, 0.2) is 46.3 Å². The second-order valence-corrected chi connectivity index (χ2v) is 7.15. The van der Waals surface area contributed by atoms with E-state index in [1.807, 2.05) is 11.3 Å². The molecule has 1 heterocycles. The Morgan fingerprint density at radius 3 is 2.42 bits per heavy atom. The Morgan fingerprint density at radius 1 is 1.21 bits per heavy atom. The molecule has 0 spiro atoms. The van der Waals surface area contributed by atoms with Crippen molar-refractivity contribution in [3.63, 3.8) is 0 Å². The smallest absolute Gasteiger partial charge is 0.0419 e. The van der Waals surface area contributed by atoms with Gasteiger partial charge in [0, 0.05) is 20.9 Å². The van der Waals surface area contributed by atoms with E-state index in [-0.39, 0.29) is 5.54 Å². The van der Waals surface area contributed by atoms with E-state index < -0.39 is 0 Å². The van der Waals surface area contributed by atoms with E-state index in [4.69, 9.17) is 0 Å². The molecular formula is C16H20BrNS. The van der Waals surface area contributed by atoms with Crippen LogP contribution < -0.4 is 5.32 Å². The first-order chi connectivity index (χ1) is 9.03. The third kappa shape index (κ3) is 3.68. The van der Waals surface area contributed by atoms with Gasteiger partial charge in [-0.05, 0) is 49.4 Å². The molecule has 0 saturated carbocycles. The number of benzene rings is 1. The molecule has 0 amide bonds. The van der Waals surface area contributed by atoms with Crippen LogP contribution in [0.2, 0.25) is 0 Å². The molecule has 0 saturated heterocycles. The van der Waals surface area contributed by atoms with E-state index in [0.29, 0.717) is 6.04 Å². The normalized spacial score (nSPS) is 13.5. The molecule has 0 aliphatic carbocycles. The highest BCUT2D eigenvalue weighted by molar-refractivity contribution is 9.10. The Kier molecular flexibility index (Phi) is 4.82. The van der Waals surface area contributed by atoms with Gasteiger partial charge in [0.1, 0.15) is 0 Å². The molecule has 0 radical (unpaired) electrons. The lowest BCUT2D eigenvalue weighted by molar-refractivity contribution is 0.341. The zero-order valence-corrected chi connectivity index (χ0v) is 14.0. The van der Waals surface area contributed by atoms with Gasteiger partial charge in [0.15, 0.2) is 0 Å². The van der Waals surface area contributed by atoms with Gasteiger partial charge in [0.05, 0.1) is 0 Å². The lowest BCUT2D eigenvalue weighted by Crippen LogP contribution is -2.38. The van der Waals surface area contributed by atoms with Crippen LogP contribution >= 0.6 is 27.3 Å². The molecule has 1 nitrogen and oxygen atoms in total. The van der Waals surface area contributed by atoms with Crippen molar-refractivity contribution in [3.05, 3.63) is 56.7 Å². The van der Waals surface area contributed by atoms with Gasteiger partial charge in [0.2, 0.25) is 0 Å². The minimum Gasteiger partial charge on any atom is -0.300 e. The fourth-order valence-corrected chi connectivity index (χ4v) is 3.37.